The van der Waals surface area contributed by atoms with Gasteiger partial charge < -0.3 is 0 Å². The summed E-state index contributed by atoms with van der Waals surface area (Å²) in [5.41, 5.74) is 0. The Kier molecular flexibility index (Phi) is 16.8. The normalized spacial score (nSPS) is 13.6. The molecule has 150 valence electrons. The van der Waals surface area contributed by atoms with Crippen LogP contribution in [0.15, 0.2) is 12.2 Å². The molecule has 0 aromatic carbocycles. The zero-order chi connectivity index (χ0) is 18.8. The van der Waals surface area contributed by atoms with E-state index in [0.717, 1.165) is 19.3 Å². The van der Waals surface area contributed by atoms with Crippen molar-refractivity contribution in [1.29, 1.82) is 0 Å². The van der Waals surface area contributed by atoms with Gasteiger partial charge in [-0.1, -0.05) is 96.6 Å². The third-order valence-corrected chi connectivity index (χ3v) is 4.93. The van der Waals surface area contributed by atoms with E-state index in [0.29, 0.717) is 0 Å². The van der Waals surface area contributed by atoms with Gasteiger partial charge in [-0.25, -0.2) is 4.18 Å². The van der Waals surface area contributed by atoms with Crippen LogP contribution >= 0.6 is 0 Å². The summed E-state index contributed by atoms with van der Waals surface area (Å²) in [4.78, 5) is 0. The lowest BCUT2D eigenvalue weighted by molar-refractivity contribution is 0.234. The molecular weight excluding hydrogens is 336 g/mol. The van der Waals surface area contributed by atoms with Crippen molar-refractivity contribution in [2.75, 3.05) is 6.61 Å². The summed E-state index contributed by atoms with van der Waals surface area (Å²) in [5, 5.41) is 0. The van der Waals surface area contributed by atoms with Crippen LogP contribution in [0.1, 0.15) is 104 Å². The van der Waals surface area contributed by atoms with Crippen LogP contribution in [0.25, 0.3) is 0 Å². The molecule has 0 aliphatic rings. The maximum absolute atomic E-state index is 10.8. The molecule has 5 heteroatoms. The Labute approximate surface area is 156 Å². The van der Waals surface area contributed by atoms with Gasteiger partial charge in [-0.15, -0.1) is 0 Å². The number of rotatable bonds is 18. The Balaban J connectivity index is 3.98. The summed E-state index contributed by atoms with van der Waals surface area (Å²) in [7, 11) is -4.34. The molecule has 0 radical (unpaired) electrons. The number of allylic oxidation sites excluding steroid dienone is 1. The lowest BCUT2D eigenvalue weighted by Gasteiger charge is -2.12. The second-order valence-electron chi connectivity index (χ2n) is 7.01. The molecule has 0 fully saturated rings. The molecule has 0 saturated carbocycles. The van der Waals surface area contributed by atoms with E-state index >= 15 is 0 Å². The van der Waals surface area contributed by atoms with Gasteiger partial charge in [0.25, 0.3) is 0 Å². The van der Waals surface area contributed by atoms with Crippen LogP contribution in [0.3, 0.4) is 0 Å². The van der Waals surface area contributed by atoms with Gasteiger partial charge >= 0.3 is 10.4 Å². The Hall–Kier alpha value is -0.390. The van der Waals surface area contributed by atoms with Crippen LogP contribution in [0.5, 0.6) is 0 Å². The molecule has 0 aliphatic carbocycles. The summed E-state index contributed by atoms with van der Waals surface area (Å²) >= 11 is 0. The third-order valence-electron chi connectivity index (χ3n) is 4.49. The van der Waals surface area contributed by atoms with Crippen LogP contribution in [0, 0.1) is 5.92 Å². The fraction of sp³-hybridized carbons (Fsp3) is 0.900. The van der Waals surface area contributed by atoms with Gasteiger partial charge in [0.2, 0.25) is 0 Å². The van der Waals surface area contributed by atoms with E-state index in [4.69, 9.17) is 4.55 Å². The fourth-order valence-electron chi connectivity index (χ4n) is 2.93. The van der Waals surface area contributed by atoms with E-state index in [1.54, 1.807) is 0 Å². The molecule has 0 bridgehead atoms. The highest BCUT2D eigenvalue weighted by Crippen LogP contribution is 2.16. The summed E-state index contributed by atoms with van der Waals surface area (Å²) < 4.78 is 34.9. The topological polar surface area (TPSA) is 63.6 Å². The van der Waals surface area contributed by atoms with Crippen molar-refractivity contribution in [3.63, 3.8) is 0 Å². The van der Waals surface area contributed by atoms with Crippen molar-refractivity contribution < 1.29 is 17.2 Å². The molecule has 0 aromatic heterocycles. The predicted molar refractivity (Wildman–Crippen MR) is 106 cm³/mol. The van der Waals surface area contributed by atoms with Crippen LogP contribution in [-0.2, 0) is 14.6 Å². The van der Waals surface area contributed by atoms with Crippen molar-refractivity contribution in [1.82, 2.24) is 0 Å². The summed E-state index contributed by atoms with van der Waals surface area (Å²) in [5.74, 6) is 0.0631. The molecule has 0 amide bonds. The SMILES string of the molecule is CCCCCC/C=C/C(CCCCCCCCCC)COS(=O)(=O)O. The van der Waals surface area contributed by atoms with Gasteiger partial charge in [-0.05, 0) is 19.3 Å². The highest BCUT2D eigenvalue weighted by atomic mass is 32.3. The first kappa shape index (κ1) is 24.6. The summed E-state index contributed by atoms with van der Waals surface area (Å²) in [6.07, 6.45) is 21.1. The first-order chi connectivity index (χ1) is 12.0. The maximum Gasteiger partial charge on any atom is 0.397 e. The second kappa shape index (κ2) is 17.0. The van der Waals surface area contributed by atoms with Gasteiger partial charge in [0.15, 0.2) is 0 Å². The van der Waals surface area contributed by atoms with Crippen LogP contribution < -0.4 is 0 Å². The first-order valence-corrected chi connectivity index (χ1v) is 11.6. The monoisotopic (exact) mass is 376 g/mol. The molecule has 0 aromatic rings. The highest BCUT2D eigenvalue weighted by Gasteiger charge is 2.11. The molecule has 0 heterocycles. The number of hydrogen-bond acceptors (Lipinski definition) is 3. The first-order valence-electron chi connectivity index (χ1n) is 10.3. The zero-order valence-corrected chi connectivity index (χ0v) is 17.2. The molecule has 0 spiro atoms. The van der Waals surface area contributed by atoms with Crippen molar-refractivity contribution in [2.24, 2.45) is 5.92 Å². The largest absolute Gasteiger partial charge is 0.397 e. The molecule has 1 unspecified atom stereocenters. The predicted octanol–water partition coefficient (Wildman–Crippen LogP) is 6.48. The minimum absolute atomic E-state index is 0.0425. The fourth-order valence-corrected chi connectivity index (χ4v) is 3.27. The molecule has 0 rings (SSSR count). The molecule has 1 atom stereocenters. The molecule has 0 saturated heterocycles. The standard InChI is InChI=1S/C20H40O4S/c1-3-5-7-9-11-12-14-16-18-20(19-24-25(21,22)23)17-15-13-10-8-6-4-2/h15,17,20H,3-14,16,18-19H2,1-2H3,(H,21,22,23)/b17-15+. The zero-order valence-electron chi connectivity index (χ0n) is 16.4. The molecule has 4 nitrogen and oxygen atoms in total. The van der Waals surface area contributed by atoms with E-state index in [9.17, 15) is 8.42 Å². The Morgan fingerprint density at radius 1 is 0.840 bits per heavy atom. The van der Waals surface area contributed by atoms with E-state index in [1.807, 2.05) is 0 Å². The smallest absolute Gasteiger partial charge is 0.264 e. The summed E-state index contributed by atoms with van der Waals surface area (Å²) in [6.45, 7) is 4.47. The average molecular weight is 377 g/mol. The molecule has 25 heavy (non-hydrogen) atoms. The Morgan fingerprint density at radius 3 is 1.92 bits per heavy atom. The third kappa shape index (κ3) is 19.8. The van der Waals surface area contributed by atoms with Gasteiger partial charge in [-0.2, -0.15) is 8.42 Å². The lowest BCUT2D eigenvalue weighted by atomic mass is 9.99. The van der Waals surface area contributed by atoms with Crippen molar-refractivity contribution in [3.05, 3.63) is 12.2 Å². The van der Waals surface area contributed by atoms with Gasteiger partial charge in [-0.3, -0.25) is 4.55 Å². The molecule has 0 aliphatic heterocycles. The van der Waals surface area contributed by atoms with Gasteiger partial charge in [0.05, 0.1) is 6.61 Å². The lowest BCUT2D eigenvalue weighted by Crippen LogP contribution is -2.12. The average Bonchev–Trinajstić information content (AvgIpc) is 2.56. The van der Waals surface area contributed by atoms with E-state index < -0.39 is 10.4 Å². The number of hydrogen-bond donors (Lipinski definition) is 1. The quantitative estimate of drug-likeness (QED) is 0.169. The van der Waals surface area contributed by atoms with Gasteiger partial charge in [0, 0.05) is 5.92 Å². The minimum atomic E-state index is -4.34. The van der Waals surface area contributed by atoms with E-state index in [1.165, 1.54) is 70.6 Å². The number of unbranched alkanes of at least 4 members (excludes halogenated alkanes) is 11. The van der Waals surface area contributed by atoms with Gasteiger partial charge in [0.1, 0.15) is 0 Å². The Morgan fingerprint density at radius 2 is 1.36 bits per heavy atom. The van der Waals surface area contributed by atoms with E-state index in [2.05, 4.69) is 30.2 Å². The van der Waals surface area contributed by atoms with Crippen molar-refractivity contribution in [2.45, 2.75) is 104 Å². The van der Waals surface area contributed by atoms with E-state index in [-0.39, 0.29) is 12.5 Å². The second-order valence-corrected chi connectivity index (χ2v) is 8.10. The highest BCUT2D eigenvalue weighted by molar-refractivity contribution is 7.80. The van der Waals surface area contributed by atoms with Crippen LogP contribution in [-0.4, -0.2) is 19.6 Å². The molecule has 1 N–H and O–H groups in total. The Bertz CT molecular complexity index is 404. The van der Waals surface area contributed by atoms with Crippen molar-refractivity contribution >= 4 is 10.4 Å². The van der Waals surface area contributed by atoms with Crippen molar-refractivity contribution in [3.8, 4) is 0 Å². The van der Waals surface area contributed by atoms with Crippen LogP contribution in [0.2, 0.25) is 0 Å². The maximum atomic E-state index is 10.8. The molecular formula is C20H40O4S. The van der Waals surface area contributed by atoms with Crippen LogP contribution in [0.4, 0.5) is 0 Å². The minimum Gasteiger partial charge on any atom is -0.264 e. The summed E-state index contributed by atoms with van der Waals surface area (Å²) in [6, 6.07) is 0.